The van der Waals surface area contributed by atoms with E-state index in [0.717, 1.165) is 18.5 Å². The standard InChI is InChI=1S/C10H14N2O3/c13-8-7-11-6-5-9-1-3-10(4-2-9)12(14)15/h1-4,11,13H,5-8H2. The largest absolute Gasteiger partial charge is 0.395 e. The molecular weight excluding hydrogens is 196 g/mol. The molecule has 0 radical (unpaired) electrons. The van der Waals surface area contributed by atoms with Crippen LogP contribution in [0.15, 0.2) is 24.3 Å². The van der Waals surface area contributed by atoms with Gasteiger partial charge in [0.05, 0.1) is 11.5 Å². The fourth-order valence-electron chi connectivity index (χ4n) is 1.22. The Labute approximate surface area is 87.9 Å². The Morgan fingerprint density at radius 2 is 1.93 bits per heavy atom. The molecule has 0 atom stereocenters. The minimum atomic E-state index is -0.409. The molecule has 0 aliphatic carbocycles. The Kier molecular flexibility index (Phi) is 4.73. The first-order chi connectivity index (χ1) is 7.24. The second-order valence-electron chi connectivity index (χ2n) is 3.15. The lowest BCUT2D eigenvalue weighted by atomic mass is 10.1. The molecule has 0 aliphatic rings. The predicted molar refractivity (Wildman–Crippen MR) is 56.8 cm³/mol. The molecule has 0 fully saturated rings. The molecule has 15 heavy (non-hydrogen) atoms. The number of nitrogens with one attached hydrogen (secondary N) is 1. The first-order valence-corrected chi connectivity index (χ1v) is 4.79. The first-order valence-electron chi connectivity index (χ1n) is 4.79. The molecular formula is C10H14N2O3. The van der Waals surface area contributed by atoms with Gasteiger partial charge in [0.1, 0.15) is 0 Å². The fourth-order valence-corrected chi connectivity index (χ4v) is 1.22. The van der Waals surface area contributed by atoms with Crippen LogP contribution in [-0.2, 0) is 6.42 Å². The number of rotatable bonds is 6. The van der Waals surface area contributed by atoms with E-state index in [4.69, 9.17) is 5.11 Å². The van der Waals surface area contributed by atoms with Crippen LogP contribution in [0.2, 0.25) is 0 Å². The van der Waals surface area contributed by atoms with Crippen molar-refractivity contribution in [2.24, 2.45) is 0 Å². The van der Waals surface area contributed by atoms with Crippen molar-refractivity contribution < 1.29 is 10.0 Å². The molecule has 0 saturated heterocycles. The van der Waals surface area contributed by atoms with Crippen LogP contribution in [0, 0.1) is 10.1 Å². The first kappa shape index (κ1) is 11.6. The SMILES string of the molecule is O=[N+]([O-])c1ccc(CCNCCO)cc1. The number of nitro benzene ring substituents is 1. The van der Waals surface area contributed by atoms with Crippen molar-refractivity contribution in [3.63, 3.8) is 0 Å². The normalized spacial score (nSPS) is 10.2. The van der Waals surface area contributed by atoms with Crippen LogP contribution in [0.25, 0.3) is 0 Å². The lowest BCUT2D eigenvalue weighted by molar-refractivity contribution is -0.384. The quantitative estimate of drug-likeness (QED) is 0.412. The highest BCUT2D eigenvalue weighted by molar-refractivity contribution is 5.32. The van der Waals surface area contributed by atoms with Crippen molar-refractivity contribution in [2.75, 3.05) is 19.7 Å². The zero-order valence-electron chi connectivity index (χ0n) is 8.35. The van der Waals surface area contributed by atoms with Gasteiger partial charge in [-0.25, -0.2) is 0 Å². The van der Waals surface area contributed by atoms with Crippen molar-refractivity contribution in [1.82, 2.24) is 5.32 Å². The highest BCUT2D eigenvalue weighted by atomic mass is 16.6. The summed E-state index contributed by atoms with van der Waals surface area (Å²) < 4.78 is 0. The number of benzene rings is 1. The number of non-ortho nitro benzene ring substituents is 1. The topological polar surface area (TPSA) is 75.4 Å². The number of hydrogen-bond acceptors (Lipinski definition) is 4. The highest BCUT2D eigenvalue weighted by Gasteiger charge is 2.03. The Balaban J connectivity index is 2.39. The summed E-state index contributed by atoms with van der Waals surface area (Å²) >= 11 is 0. The second-order valence-corrected chi connectivity index (χ2v) is 3.15. The van der Waals surface area contributed by atoms with Crippen LogP contribution in [0.4, 0.5) is 5.69 Å². The predicted octanol–water partition coefficient (Wildman–Crippen LogP) is 0.719. The third-order valence-corrected chi connectivity index (χ3v) is 2.03. The lowest BCUT2D eigenvalue weighted by Gasteiger charge is -2.02. The van der Waals surface area contributed by atoms with E-state index in [1.165, 1.54) is 12.1 Å². The molecule has 82 valence electrons. The van der Waals surface area contributed by atoms with Crippen molar-refractivity contribution in [2.45, 2.75) is 6.42 Å². The van der Waals surface area contributed by atoms with Crippen molar-refractivity contribution in [3.8, 4) is 0 Å². The molecule has 0 aromatic heterocycles. The van der Waals surface area contributed by atoms with E-state index >= 15 is 0 Å². The van der Waals surface area contributed by atoms with E-state index in [9.17, 15) is 10.1 Å². The summed E-state index contributed by atoms with van der Waals surface area (Å²) in [5, 5.41) is 21.9. The minimum absolute atomic E-state index is 0.113. The van der Waals surface area contributed by atoms with E-state index in [2.05, 4.69) is 5.32 Å². The summed E-state index contributed by atoms with van der Waals surface area (Å²) in [5.74, 6) is 0. The number of nitrogens with zero attached hydrogens (tertiary/aromatic N) is 1. The van der Waals surface area contributed by atoms with Gasteiger partial charge in [0, 0.05) is 18.7 Å². The number of aliphatic hydroxyl groups is 1. The number of aliphatic hydroxyl groups excluding tert-OH is 1. The van der Waals surface area contributed by atoms with Crippen LogP contribution in [0.5, 0.6) is 0 Å². The van der Waals surface area contributed by atoms with Gasteiger partial charge in [-0.1, -0.05) is 12.1 Å². The Hall–Kier alpha value is -1.46. The van der Waals surface area contributed by atoms with E-state index in [1.54, 1.807) is 12.1 Å². The van der Waals surface area contributed by atoms with Gasteiger partial charge in [0.25, 0.3) is 5.69 Å². The molecule has 1 rings (SSSR count). The van der Waals surface area contributed by atoms with Crippen LogP contribution in [0.3, 0.4) is 0 Å². The van der Waals surface area contributed by atoms with Crippen molar-refractivity contribution in [1.29, 1.82) is 0 Å². The molecule has 0 amide bonds. The Morgan fingerprint density at radius 1 is 1.27 bits per heavy atom. The van der Waals surface area contributed by atoms with E-state index in [1.807, 2.05) is 0 Å². The van der Waals surface area contributed by atoms with Gasteiger partial charge in [-0.05, 0) is 18.5 Å². The monoisotopic (exact) mass is 210 g/mol. The molecule has 0 unspecified atom stereocenters. The van der Waals surface area contributed by atoms with Crippen LogP contribution >= 0.6 is 0 Å². The Bertz CT molecular complexity index is 311. The fraction of sp³-hybridized carbons (Fsp3) is 0.400. The van der Waals surface area contributed by atoms with E-state index in [-0.39, 0.29) is 12.3 Å². The Morgan fingerprint density at radius 3 is 2.47 bits per heavy atom. The van der Waals surface area contributed by atoms with Crippen molar-refractivity contribution >= 4 is 5.69 Å². The highest BCUT2D eigenvalue weighted by Crippen LogP contribution is 2.11. The third-order valence-electron chi connectivity index (χ3n) is 2.03. The second kappa shape index (κ2) is 6.10. The average molecular weight is 210 g/mol. The molecule has 5 heteroatoms. The van der Waals surface area contributed by atoms with E-state index < -0.39 is 4.92 Å². The third kappa shape index (κ3) is 4.05. The van der Waals surface area contributed by atoms with Gasteiger partial charge in [-0.3, -0.25) is 10.1 Å². The smallest absolute Gasteiger partial charge is 0.269 e. The van der Waals surface area contributed by atoms with E-state index in [0.29, 0.717) is 6.54 Å². The maximum atomic E-state index is 10.4. The zero-order valence-corrected chi connectivity index (χ0v) is 8.35. The molecule has 1 aromatic carbocycles. The molecule has 2 N–H and O–H groups in total. The molecule has 5 nitrogen and oxygen atoms in total. The summed E-state index contributed by atoms with van der Waals surface area (Å²) in [5.41, 5.74) is 1.16. The zero-order chi connectivity index (χ0) is 11.1. The van der Waals surface area contributed by atoms with Gasteiger partial charge in [-0.15, -0.1) is 0 Å². The van der Waals surface area contributed by atoms with Gasteiger partial charge in [0.15, 0.2) is 0 Å². The molecule has 0 heterocycles. The summed E-state index contributed by atoms with van der Waals surface area (Å²) in [7, 11) is 0. The van der Waals surface area contributed by atoms with Gasteiger partial charge < -0.3 is 10.4 Å². The lowest BCUT2D eigenvalue weighted by Crippen LogP contribution is -2.20. The minimum Gasteiger partial charge on any atom is -0.395 e. The van der Waals surface area contributed by atoms with Gasteiger partial charge in [-0.2, -0.15) is 0 Å². The van der Waals surface area contributed by atoms with Gasteiger partial charge in [0.2, 0.25) is 0 Å². The molecule has 0 spiro atoms. The van der Waals surface area contributed by atoms with Crippen LogP contribution in [-0.4, -0.2) is 29.7 Å². The summed E-state index contributed by atoms with van der Waals surface area (Å²) in [4.78, 5) is 9.97. The van der Waals surface area contributed by atoms with Crippen LogP contribution in [0.1, 0.15) is 5.56 Å². The number of hydrogen-bond donors (Lipinski definition) is 2. The molecule has 0 bridgehead atoms. The maximum absolute atomic E-state index is 10.4. The maximum Gasteiger partial charge on any atom is 0.269 e. The van der Waals surface area contributed by atoms with Crippen molar-refractivity contribution in [3.05, 3.63) is 39.9 Å². The number of nitro groups is 1. The summed E-state index contributed by atoms with van der Waals surface area (Å²) in [6.07, 6.45) is 0.804. The molecule has 0 aliphatic heterocycles. The van der Waals surface area contributed by atoms with Gasteiger partial charge >= 0.3 is 0 Å². The summed E-state index contributed by atoms with van der Waals surface area (Å²) in [6.45, 7) is 1.46. The molecule has 0 saturated carbocycles. The van der Waals surface area contributed by atoms with Crippen LogP contribution < -0.4 is 5.32 Å². The summed E-state index contributed by atoms with van der Waals surface area (Å²) in [6, 6.07) is 6.50. The average Bonchev–Trinajstić information content (AvgIpc) is 2.25. The molecule has 1 aromatic rings.